The molecular weight excluding hydrogens is 274 g/mol. The van der Waals surface area contributed by atoms with E-state index in [9.17, 15) is 13.2 Å². The fourth-order valence-corrected chi connectivity index (χ4v) is 3.77. The summed E-state index contributed by atoms with van der Waals surface area (Å²) in [5, 5.41) is -0.348. The first-order valence-corrected chi connectivity index (χ1v) is 8.65. The van der Waals surface area contributed by atoms with Gasteiger partial charge in [-0.25, -0.2) is 8.42 Å². The van der Waals surface area contributed by atoms with E-state index in [1.165, 1.54) is 0 Å². The summed E-state index contributed by atoms with van der Waals surface area (Å²) in [7, 11) is -3.04. The number of hydrogen-bond donors (Lipinski definition) is 0. The number of nitrogens with zero attached hydrogens (tertiary/aromatic N) is 1. The van der Waals surface area contributed by atoms with Crippen molar-refractivity contribution < 1.29 is 13.2 Å². The minimum Gasteiger partial charge on any atom is -0.341 e. The molecule has 20 heavy (non-hydrogen) atoms. The van der Waals surface area contributed by atoms with E-state index in [1.807, 2.05) is 31.2 Å². The van der Waals surface area contributed by atoms with Crippen LogP contribution in [0.5, 0.6) is 0 Å². The Morgan fingerprint density at radius 2 is 2.10 bits per heavy atom. The van der Waals surface area contributed by atoms with Gasteiger partial charge in [-0.15, -0.1) is 0 Å². The van der Waals surface area contributed by atoms with Crippen LogP contribution in [0.2, 0.25) is 0 Å². The van der Waals surface area contributed by atoms with Crippen molar-refractivity contribution in [1.29, 1.82) is 0 Å². The predicted molar refractivity (Wildman–Crippen MR) is 79.3 cm³/mol. The number of benzene rings is 1. The molecule has 110 valence electrons. The van der Waals surface area contributed by atoms with Crippen LogP contribution in [0.3, 0.4) is 0 Å². The van der Waals surface area contributed by atoms with Crippen LogP contribution in [-0.4, -0.2) is 43.3 Å². The van der Waals surface area contributed by atoms with Gasteiger partial charge in [-0.2, -0.15) is 0 Å². The average molecular weight is 295 g/mol. The number of aryl methyl sites for hydroxylation is 1. The molecule has 1 fully saturated rings. The number of hydrogen-bond acceptors (Lipinski definition) is 3. The van der Waals surface area contributed by atoms with E-state index in [4.69, 9.17) is 0 Å². The molecule has 0 aliphatic carbocycles. The monoisotopic (exact) mass is 295 g/mol. The minimum absolute atomic E-state index is 0.0138. The molecule has 1 aliphatic heterocycles. The second-order valence-electron chi connectivity index (χ2n) is 5.51. The molecule has 0 unspecified atom stereocenters. The van der Waals surface area contributed by atoms with Gasteiger partial charge in [0, 0.05) is 13.1 Å². The first kappa shape index (κ1) is 15.0. The summed E-state index contributed by atoms with van der Waals surface area (Å²) >= 11 is 0. The van der Waals surface area contributed by atoms with Gasteiger partial charge in [0.1, 0.15) is 0 Å². The van der Waals surface area contributed by atoms with Crippen molar-refractivity contribution >= 4 is 15.7 Å². The largest absolute Gasteiger partial charge is 0.341 e. The predicted octanol–water partition coefficient (Wildman–Crippen LogP) is 1.57. The van der Waals surface area contributed by atoms with Crippen LogP contribution >= 0.6 is 0 Å². The fraction of sp³-hybridized carbons (Fsp3) is 0.533. The Labute approximate surface area is 120 Å². The lowest BCUT2D eigenvalue weighted by molar-refractivity contribution is -0.130. The minimum atomic E-state index is -3.04. The number of sulfone groups is 1. The Balaban J connectivity index is 2.03. The van der Waals surface area contributed by atoms with Crippen LogP contribution in [0, 0.1) is 6.92 Å². The van der Waals surface area contributed by atoms with Crippen molar-refractivity contribution in [3.05, 3.63) is 35.4 Å². The van der Waals surface area contributed by atoms with E-state index < -0.39 is 9.84 Å². The third kappa shape index (κ3) is 3.60. The Morgan fingerprint density at radius 3 is 2.80 bits per heavy atom. The van der Waals surface area contributed by atoms with Gasteiger partial charge in [-0.05, 0) is 25.8 Å². The van der Waals surface area contributed by atoms with Crippen LogP contribution in [0.15, 0.2) is 24.3 Å². The molecule has 0 saturated carbocycles. The molecule has 1 aromatic rings. The fourth-order valence-electron chi connectivity index (χ4n) is 2.43. The maximum atomic E-state index is 12.3. The highest BCUT2D eigenvalue weighted by Crippen LogP contribution is 2.14. The standard InChI is InChI=1S/C15H21NO3S/c1-12-4-3-5-14(10-12)11-15(17)16-7-6-13(2)20(18,19)9-8-16/h3-5,10,13H,6-9,11H2,1-2H3/t13-/m0/s1. The summed E-state index contributed by atoms with van der Waals surface area (Å²) in [6, 6.07) is 7.86. The molecule has 1 saturated heterocycles. The quantitative estimate of drug-likeness (QED) is 0.832. The zero-order valence-electron chi connectivity index (χ0n) is 12.0. The van der Waals surface area contributed by atoms with Crippen molar-refractivity contribution in [3.63, 3.8) is 0 Å². The Kier molecular flexibility index (Phi) is 4.48. The summed E-state index contributed by atoms with van der Waals surface area (Å²) < 4.78 is 23.7. The van der Waals surface area contributed by atoms with Crippen molar-refractivity contribution in [2.45, 2.75) is 31.9 Å². The molecule has 0 radical (unpaired) electrons. The first-order valence-electron chi connectivity index (χ1n) is 6.93. The van der Waals surface area contributed by atoms with Gasteiger partial charge in [-0.3, -0.25) is 4.79 Å². The van der Waals surface area contributed by atoms with Crippen LogP contribution < -0.4 is 0 Å². The van der Waals surface area contributed by atoms with E-state index in [0.717, 1.165) is 11.1 Å². The summed E-state index contributed by atoms with van der Waals surface area (Å²) in [6.07, 6.45) is 0.873. The smallest absolute Gasteiger partial charge is 0.227 e. The van der Waals surface area contributed by atoms with Gasteiger partial charge < -0.3 is 4.90 Å². The molecule has 0 N–H and O–H groups in total. The molecule has 1 aromatic carbocycles. The van der Waals surface area contributed by atoms with Crippen LogP contribution in [-0.2, 0) is 21.1 Å². The van der Waals surface area contributed by atoms with Crippen molar-refractivity contribution in [1.82, 2.24) is 4.90 Å². The second-order valence-corrected chi connectivity index (χ2v) is 8.05. The lowest BCUT2D eigenvalue weighted by Gasteiger charge is -2.20. The van der Waals surface area contributed by atoms with Crippen molar-refractivity contribution in [3.8, 4) is 0 Å². The van der Waals surface area contributed by atoms with E-state index in [0.29, 0.717) is 25.9 Å². The first-order chi connectivity index (χ1) is 9.38. The summed E-state index contributed by atoms with van der Waals surface area (Å²) in [6.45, 7) is 4.57. The van der Waals surface area contributed by atoms with Crippen molar-refractivity contribution in [2.75, 3.05) is 18.8 Å². The zero-order chi connectivity index (χ0) is 14.8. The van der Waals surface area contributed by atoms with Gasteiger partial charge in [0.2, 0.25) is 5.91 Å². The molecule has 0 spiro atoms. The number of amides is 1. The van der Waals surface area contributed by atoms with Crippen molar-refractivity contribution in [2.24, 2.45) is 0 Å². The van der Waals surface area contributed by atoms with E-state index in [2.05, 4.69) is 0 Å². The maximum Gasteiger partial charge on any atom is 0.227 e. The van der Waals surface area contributed by atoms with Gasteiger partial charge in [0.25, 0.3) is 0 Å². The van der Waals surface area contributed by atoms with Gasteiger partial charge in [0.15, 0.2) is 9.84 Å². The Hall–Kier alpha value is -1.36. The van der Waals surface area contributed by atoms with Gasteiger partial charge in [0.05, 0.1) is 17.4 Å². The van der Waals surface area contributed by atoms with E-state index >= 15 is 0 Å². The lowest BCUT2D eigenvalue weighted by Crippen LogP contribution is -2.34. The molecule has 2 rings (SSSR count). The highest BCUT2D eigenvalue weighted by Gasteiger charge is 2.28. The van der Waals surface area contributed by atoms with Crippen LogP contribution in [0.1, 0.15) is 24.5 Å². The maximum absolute atomic E-state index is 12.3. The Bertz CT molecular complexity index is 595. The summed E-state index contributed by atoms with van der Waals surface area (Å²) in [4.78, 5) is 14.0. The molecule has 4 nitrogen and oxygen atoms in total. The highest BCUT2D eigenvalue weighted by atomic mass is 32.2. The molecular formula is C15H21NO3S. The SMILES string of the molecule is Cc1cccc(CC(=O)N2CC[C@H](C)S(=O)(=O)CC2)c1. The van der Waals surface area contributed by atoms with E-state index in [1.54, 1.807) is 11.8 Å². The third-order valence-corrected chi connectivity index (χ3v) is 6.07. The van der Waals surface area contributed by atoms with Gasteiger partial charge >= 0.3 is 0 Å². The Morgan fingerprint density at radius 1 is 1.35 bits per heavy atom. The number of rotatable bonds is 2. The highest BCUT2D eigenvalue weighted by molar-refractivity contribution is 7.92. The average Bonchev–Trinajstić information content (AvgIpc) is 2.50. The molecule has 5 heteroatoms. The molecule has 1 atom stereocenters. The number of carbonyl (C=O) groups excluding carboxylic acids is 1. The topological polar surface area (TPSA) is 54.5 Å². The normalized spacial score (nSPS) is 22.3. The van der Waals surface area contributed by atoms with Crippen LogP contribution in [0.4, 0.5) is 0 Å². The molecule has 0 aromatic heterocycles. The third-order valence-electron chi connectivity index (χ3n) is 3.85. The molecule has 0 bridgehead atoms. The summed E-state index contributed by atoms with van der Waals surface area (Å²) in [5.74, 6) is 0.0909. The lowest BCUT2D eigenvalue weighted by atomic mass is 10.1. The number of carbonyl (C=O) groups is 1. The van der Waals surface area contributed by atoms with E-state index in [-0.39, 0.29) is 16.9 Å². The molecule has 1 amide bonds. The summed E-state index contributed by atoms with van der Waals surface area (Å²) in [5.41, 5.74) is 2.11. The zero-order valence-corrected chi connectivity index (χ0v) is 12.8. The second kappa shape index (κ2) is 5.95. The van der Waals surface area contributed by atoms with Crippen LogP contribution in [0.25, 0.3) is 0 Å². The molecule has 1 aliphatic rings. The molecule has 1 heterocycles. The van der Waals surface area contributed by atoms with Gasteiger partial charge in [-0.1, -0.05) is 29.8 Å².